The maximum Gasteiger partial charge on any atom is 0.0247 e. The summed E-state index contributed by atoms with van der Waals surface area (Å²) in [6, 6.07) is 45.7. The largest absolute Gasteiger partial charge is 0.0729 e. The maximum atomic E-state index is 2.48. The van der Waals surface area contributed by atoms with Crippen molar-refractivity contribution in [2.45, 2.75) is 46.2 Å². The second kappa shape index (κ2) is 13.0. The zero-order chi connectivity index (χ0) is 29.9. The normalized spacial score (nSPS) is 15.2. The summed E-state index contributed by atoms with van der Waals surface area (Å²) < 4.78 is 0. The smallest absolute Gasteiger partial charge is 0.0247 e. The Morgan fingerprint density at radius 3 is 1.51 bits per heavy atom. The van der Waals surface area contributed by atoms with Crippen molar-refractivity contribution in [1.82, 2.24) is 0 Å². The van der Waals surface area contributed by atoms with Gasteiger partial charge in [-0.15, -0.1) is 0 Å². The average Bonchev–Trinajstić information content (AvgIpc) is 3.48. The molecule has 5 aromatic carbocycles. The van der Waals surface area contributed by atoms with E-state index in [4.69, 9.17) is 0 Å². The van der Waals surface area contributed by atoms with Crippen LogP contribution in [0, 0.1) is 27.7 Å². The van der Waals surface area contributed by atoms with E-state index in [2.05, 4.69) is 174 Å². The Kier molecular flexibility index (Phi) is 8.90. The van der Waals surface area contributed by atoms with Gasteiger partial charge in [0.1, 0.15) is 0 Å². The molecular weight excluding hydrogens is 554 g/mol. The third-order valence-electron chi connectivity index (χ3n) is 8.33. The van der Waals surface area contributed by atoms with Crippen molar-refractivity contribution in [3.63, 3.8) is 0 Å². The number of hydrogen-bond acceptors (Lipinski definition) is 0. The molecule has 1 unspecified atom stereocenters. The molecule has 0 aromatic heterocycles. The molecule has 1 aliphatic carbocycles. The van der Waals surface area contributed by atoms with Gasteiger partial charge in [0.2, 0.25) is 0 Å². The topological polar surface area (TPSA) is 0 Å². The molecule has 0 amide bonds. The van der Waals surface area contributed by atoms with Crippen LogP contribution in [0.5, 0.6) is 0 Å². The average molecular weight is 595 g/mol. The third-order valence-corrected chi connectivity index (χ3v) is 13.6. The minimum absolute atomic E-state index is 0.255. The highest BCUT2D eigenvalue weighted by Crippen LogP contribution is 2.49. The van der Waals surface area contributed by atoms with E-state index in [1.165, 1.54) is 59.9 Å². The van der Waals surface area contributed by atoms with Gasteiger partial charge in [0.15, 0.2) is 0 Å². The molecule has 43 heavy (non-hydrogen) atoms. The van der Waals surface area contributed by atoms with E-state index in [0.717, 1.165) is 0 Å². The zero-order valence-corrected chi connectivity index (χ0v) is 27.6. The lowest BCUT2D eigenvalue weighted by Crippen LogP contribution is -2.27. The maximum absolute atomic E-state index is 2.48. The first kappa shape index (κ1) is 29.5. The van der Waals surface area contributed by atoms with Crippen LogP contribution in [-0.4, -0.2) is 5.66 Å². The Morgan fingerprint density at radius 1 is 0.535 bits per heavy atom. The first-order chi connectivity index (χ1) is 20.9. The Morgan fingerprint density at radius 2 is 1.00 bits per heavy atom. The number of benzene rings is 5. The van der Waals surface area contributed by atoms with Crippen LogP contribution < -0.4 is 26.5 Å². The summed E-state index contributed by atoms with van der Waals surface area (Å²) in [5.41, 5.74) is 8.71. The van der Waals surface area contributed by atoms with Gasteiger partial charge >= 0.3 is 0 Å². The summed E-state index contributed by atoms with van der Waals surface area (Å²) in [7, 11) is -1.32. The minimum Gasteiger partial charge on any atom is -0.0729 e. The van der Waals surface area contributed by atoms with E-state index in [1.807, 2.05) is 0 Å². The van der Waals surface area contributed by atoms with E-state index in [1.54, 1.807) is 0 Å². The highest BCUT2D eigenvalue weighted by atomic mass is 31.1. The van der Waals surface area contributed by atoms with Crippen LogP contribution in [0.2, 0.25) is 0 Å². The van der Waals surface area contributed by atoms with Gasteiger partial charge in [-0.25, -0.2) is 0 Å². The molecule has 0 spiro atoms. The minimum atomic E-state index is -0.697. The van der Waals surface area contributed by atoms with Gasteiger partial charge in [0.25, 0.3) is 0 Å². The molecule has 0 fully saturated rings. The third kappa shape index (κ3) is 6.38. The predicted octanol–water partition coefficient (Wildman–Crippen LogP) is 8.78. The van der Waals surface area contributed by atoms with Crippen molar-refractivity contribution in [3.8, 4) is 0 Å². The lowest BCUT2D eigenvalue weighted by Gasteiger charge is -2.32. The Balaban J connectivity index is 1.46. The fourth-order valence-electron chi connectivity index (χ4n) is 6.64. The van der Waals surface area contributed by atoms with Crippen molar-refractivity contribution in [2.75, 3.05) is 0 Å². The van der Waals surface area contributed by atoms with E-state index in [-0.39, 0.29) is 5.92 Å². The molecular formula is C41H40P2. The molecule has 0 radical (unpaired) electrons. The molecule has 0 aliphatic heterocycles. The molecule has 0 N–H and O–H groups in total. The van der Waals surface area contributed by atoms with E-state index >= 15 is 0 Å². The second-order valence-electron chi connectivity index (χ2n) is 11.8. The zero-order valence-electron chi connectivity index (χ0n) is 25.8. The second-order valence-corrected chi connectivity index (χ2v) is 16.6. The van der Waals surface area contributed by atoms with Crippen LogP contribution in [0.1, 0.15) is 40.7 Å². The van der Waals surface area contributed by atoms with Gasteiger partial charge in [0.05, 0.1) is 0 Å². The Hall–Kier alpha value is -3.56. The first-order valence-corrected chi connectivity index (χ1v) is 18.0. The van der Waals surface area contributed by atoms with Gasteiger partial charge in [-0.3, -0.25) is 0 Å². The van der Waals surface area contributed by atoms with Crippen LogP contribution in [0.4, 0.5) is 0 Å². The van der Waals surface area contributed by atoms with Crippen LogP contribution in [-0.2, 0) is 0 Å². The summed E-state index contributed by atoms with van der Waals surface area (Å²) in [4.78, 5) is 0. The molecule has 0 bridgehead atoms. The SMILES string of the molecule is Cc1cc(C)cc(P(c2cc(C)cc(C)c2)[C@H](C)C2=CC=CC2c2ccccc2P(c2ccccc2)c2ccccc2)c1. The highest BCUT2D eigenvalue weighted by Gasteiger charge is 2.32. The summed E-state index contributed by atoms with van der Waals surface area (Å²) in [5.74, 6) is 0.255. The van der Waals surface area contributed by atoms with Crippen LogP contribution in [0.3, 0.4) is 0 Å². The van der Waals surface area contributed by atoms with Gasteiger partial charge < -0.3 is 0 Å². The summed E-state index contributed by atoms with van der Waals surface area (Å²) in [5, 5.41) is 7.18. The lowest BCUT2D eigenvalue weighted by atomic mass is 9.92. The molecule has 2 atom stereocenters. The number of allylic oxidation sites excluding steroid dienone is 4. The van der Waals surface area contributed by atoms with Crippen molar-refractivity contribution in [2.24, 2.45) is 0 Å². The van der Waals surface area contributed by atoms with Gasteiger partial charge in [-0.1, -0.05) is 174 Å². The van der Waals surface area contributed by atoms with E-state index < -0.39 is 15.8 Å². The van der Waals surface area contributed by atoms with E-state index in [9.17, 15) is 0 Å². The fraction of sp³-hybridized carbons (Fsp3) is 0.171. The fourth-order valence-corrected chi connectivity index (χ4v) is 12.2. The quantitative estimate of drug-likeness (QED) is 0.158. The predicted molar refractivity (Wildman–Crippen MR) is 193 cm³/mol. The van der Waals surface area contributed by atoms with Crippen molar-refractivity contribution in [3.05, 3.63) is 173 Å². The summed E-state index contributed by atoms with van der Waals surface area (Å²) in [6.07, 6.45) is 7.15. The summed E-state index contributed by atoms with van der Waals surface area (Å²) >= 11 is 0. The van der Waals surface area contributed by atoms with Crippen LogP contribution in [0.25, 0.3) is 0 Å². The van der Waals surface area contributed by atoms with Crippen LogP contribution in [0.15, 0.2) is 145 Å². The standard InChI is InChI=1S/C41H40P2/c1-29-23-30(2)26-36(25-29)42(37-27-31(3)24-32(4)28-37)33(5)38-20-14-21-39(38)40-19-12-13-22-41(40)43(34-15-8-6-9-16-34)35-17-10-7-11-18-35/h6-28,33,39H,1-5H3/t33-,39?/m1/s1. The number of hydrogen-bond donors (Lipinski definition) is 0. The van der Waals surface area contributed by atoms with Gasteiger partial charge in [0, 0.05) is 11.6 Å². The highest BCUT2D eigenvalue weighted by molar-refractivity contribution is 7.80. The van der Waals surface area contributed by atoms with E-state index in [0.29, 0.717) is 5.66 Å². The van der Waals surface area contributed by atoms with Gasteiger partial charge in [-0.2, -0.15) is 0 Å². The summed E-state index contributed by atoms with van der Waals surface area (Å²) in [6.45, 7) is 11.4. The molecule has 0 saturated carbocycles. The molecule has 0 heterocycles. The van der Waals surface area contributed by atoms with Crippen LogP contribution >= 0.6 is 15.8 Å². The molecule has 1 aliphatic rings. The number of aryl methyl sites for hydroxylation is 4. The van der Waals surface area contributed by atoms with Gasteiger partial charge in [-0.05, 0) is 75.6 Å². The molecule has 2 heteroatoms. The monoisotopic (exact) mass is 594 g/mol. The Bertz CT molecular complexity index is 1650. The molecule has 5 aromatic rings. The number of rotatable bonds is 8. The molecule has 214 valence electrons. The lowest BCUT2D eigenvalue weighted by molar-refractivity contribution is 0.940. The Labute approximate surface area is 260 Å². The van der Waals surface area contributed by atoms with Crippen molar-refractivity contribution >= 4 is 42.4 Å². The molecule has 6 rings (SSSR count). The van der Waals surface area contributed by atoms with Crippen molar-refractivity contribution in [1.29, 1.82) is 0 Å². The van der Waals surface area contributed by atoms with Crippen molar-refractivity contribution < 1.29 is 0 Å². The molecule has 0 nitrogen and oxygen atoms in total. The molecule has 0 saturated heterocycles. The first-order valence-electron chi connectivity index (χ1n) is 15.2.